The Morgan fingerprint density at radius 1 is 1.43 bits per heavy atom. The fraction of sp³-hybridized carbons (Fsp3) is 0.727. The molecule has 0 saturated carbocycles. The van der Waals surface area contributed by atoms with Gasteiger partial charge in [0.2, 0.25) is 0 Å². The van der Waals surface area contributed by atoms with Crippen molar-refractivity contribution in [2.24, 2.45) is 0 Å². The van der Waals surface area contributed by atoms with Crippen molar-refractivity contribution in [2.45, 2.75) is 33.6 Å². The lowest BCUT2D eigenvalue weighted by Crippen LogP contribution is -2.26. The Labute approximate surface area is 86.4 Å². The Kier molecular flexibility index (Phi) is 7.11. The number of carbonyl (C=O) groups is 1. The van der Waals surface area contributed by atoms with Gasteiger partial charge in [-0.15, -0.1) is 0 Å². The molecule has 0 aromatic heterocycles. The highest BCUT2D eigenvalue weighted by atomic mass is 16.4. The standard InChI is InChI=1S/C11H21NO2/c1-4-6-7-12(5-2)9-10(3)8-11(13)14/h8H,4-7,9H2,1-3H3,(H,13,14). The second-order valence-electron chi connectivity index (χ2n) is 3.55. The van der Waals surface area contributed by atoms with Crippen LogP contribution in [0.5, 0.6) is 0 Å². The van der Waals surface area contributed by atoms with Gasteiger partial charge >= 0.3 is 5.97 Å². The highest BCUT2D eigenvalue weighted by Crippen LogP contribution is 2.00. The number of hydrogen-bond donors (Lipinski definition) is 1. The molecule has 0 rings (SSSR count). The minimum atomic E-state index is -0.853. The van der Waals surface area contributed by atoms with E-state index < -0.39 is 5.97 Å². The SMILES string of the molecule is CCCCN(CC)CC(C)=CC(=O)O. The van der Waals surface area contributed by atoms with Crippen molar-refractivity contribution in [3.8, 4) is 0 Å². The van der Waals surface area contributed by atoms with E-state index in [1.165, 1.54) is 18.9 Å². The lowest BCUT2D eigenvalue weighted by atomic mass is 10.2. The third-order valence-corrected chi connectivity index (χ3v) is 2.12. The molecular formula is C11H21NO2. The number of carboxylic acid groups (broad SMARTS) is 1. The fourth-order valence-electron chi connectivity index (χ4n) is 1.34. The van der Waals surface area contributed by atoms with Gasteiger partial charge < -0.3 is 5.11 Å². The summed E-state index contributed by atoms with van der Waals surface area (Å²) < 4.78 is 0. The zero-order valence-corrected chi connectivity index (χ0v) is 9.42. The number of hydrogen-bond acceptors (Lipinski definition) is 2. The predicted molar refractivity (Wildman–Crippen MR) is 58.4 cm³/mol. The summed E-state index contributed by atoms with van der Waals surface area (Å²) in [4.78, 5) is 12.7. The van der Waals surface area contributed by atoms with E-state index in [1.807, 2.05) is 6.92 Å². The van der Waals surface area contributed by atoms with E-state index in [1.54, 1.807) is 0 Å². The molecule has 0 saturated heterocycles. The smallest absolute Gasteiger partial charge is 0.328 e. The van der Waals surface area contributed by atoms with Crippen LogP contribution in [0.3, 0.4) is 0 Å². The summed E-state index contributed by atoms with van der Waals surface area (Å²) in [6.07, 6.45) is 3.64. The van der Waals surface area contributed by atoms with Gasteiger partial charge in [0.1, 0.15) is 0 Å². The summed E-state index contributed by atoms with van der Waals surface area (Å²) in [5, 5.41) is 8.55. The quantitative estimate of drug-likeness (QED) is 0.639. The third kappa shape index (κ3) is 6.66. The van der Waals surface area contributed by atoms with E-state index in [0.29, 0.717) is 0 Å². The number of aliphatic carboxylic acids is 1. The van der Waals surface area contributed by atoms with Crippen molar-refractivity contribution < 1.29 is 9.90 Å². The monoisotopic (exact) mass is 199 g/mol. The number of rotatable bonds is 7. The minimum absolute atomic E-state index is 0.767. The lowest BCUT2D eigenvalue weighted by molar-refractivity contribution is -0.131. The predicted octanol–water partition coefficient (Wildman–Crippen LogP) is 2.14. The molecule has 0 aliphatic heterocycles. The zero-order chi connectivity index (χ0) is 11.0. The van der Waals surface area contributed by atoms with Crippen LogP contribution in [0, 0.1) is 0 Å². The Bertz CT molecular complexity index is 199. The maximum Gasteiger partial charge on any atom is 0.328 e. The molecule has 14 heavy (non-hydrogen) atoms. The van der Waals surface area contributed by atoms with Crippen molar-refractivity contribution in [2.75, 3.05) is 19.6 Å². The van der Waals surface area contributed by atoms with E-state index in [4.69, 9.17) is 5.11 Å². The van der Waals surface area contributed by atoms with Gasteiger partial charge in [-0.2, -0.15) is 0 Å². The average Bonchev–Trinajstić information content (AvgIpc) is 2.10. The molecule has 3 nitrogen and oxygen atoms in total. The third-order valence-electron chi connectivity index (χ3n) is 2.12. The van der Waals surface area contributed by atoms with Gasteiger partial charge in [-0.05, 0) is 26.4 Å². The fourth-order valence-corrected chi connectivity index (χ4v) is 1.34. The minimum Gasteiger partial charge on any atom is -0.478 e. The van der Waals surface area contributed by atoms with Crippen LogP contribution < -0.4 is 0 Å². The lowest BCUT2D eigenvalue weighted by Gasteiger charge is -2.19. The van der Waals surface area contributed by atoms with Crippen LogP contribution >= 0.6 is 0 Å². The first-order valence-electron chi connectivity index (χ1n) is 5.22. The van der Waals surface area contributed by atoms with Crippen LogP contribution in [-0.2, 0) is 4.79 Å². The number of unbranched alkanes of at least 4 members (excludes halogenated alkanes) is 1. The largest absolute Gasteiger partial charge is 0.478 e. The van der Waals surface area contributed by atoms with Gasteiger partial charge in [-0.3, -0.25) is 4.90 Å². The Balaban J connectivity index is 3.97. The van der Waals surface area contributed by atoms with Crippen molar-refractivity contribution in [3.05, 3.63) is 11.6 Å². The van der Waals surface area contributed by atoms with E-state index in [0.717, 1.165) is 25.2 Å². The maximum absolute atomic E-state index is 10.4. The number of carboxylic acids is 1. The number of nitrogens with zero attached hydrogens (tertiary/aromatic N) is 1. The van der Waals surface area contributed by atoms with Crippen molar-refractivity contribution in [3.63, 3.8) is 0 Å². The Morgan fingerprint density at radius 3 is 2.50 bits per heavy atom. The molecule has 0 amide bonds. The molecule has 0 atom stereocenters. The van der Waals surface area contributed by atoms with Crippen LogP contribution in [0.15, 0.2) is 11.6 Å². The molecule has 82 valence electrons. The average molecular weight is 199 g/mol. The van der Waals surface area contributed by atoms with Gasteiger partial charge in [-0.1, -0.05) is 25.8 Å². The van der Waals surface area contributed by atoms with Crippen LogP contribution in [0.2, 0.25) is 0 Å². The summed E-state index contributed by atoms with van der Waals surface area (Å²) in [6, 6.07) is 0. The van der Waals surface area contributed by atoms with Gasteiger partial charge in [-0.25, -0.2) is 4.79 Å². The molecule has 0 radical (unpaired) electrons. The molecule has 0 aliphatic carbocycles. The first-order chi connectivity index (χ1) is 6.60. The van der Waals surface area contributed by atoms with E-state index in [2.05, 4.69) is 18.7 Å². The van der Waals surface area contributed by atoms with Crippen LogP contribution in [0.4, 0.5) is 0 Å². The molecule has 0 unspecified atom stereocenters. The summed E-state index contributed by atoms with van der Waals surface area (Å²) in [5.74, 6) is -0.853. The van der Waals surface area contributed by atoms with Gasteiger partial charge in [0.15, 0.2) is 0 Å². The second-order valence-corrected chi connectivity index (χ2v) is 3.55. The maximum atomic E-state index is 10.4. The van der Waals surface area contributed by atoms with Crippen molar-refractivity contribution in [1.29, 1.82) is 0 Å². The van der Waals surface area contributed by atoms with Crippen molar-refractivity contribution in [1.82, 2.24) is 4.90 Å². The Hall–Kier alpha value is -0.830. The summed E-state index contributed by atoms with van der Waals surface area (Å²) >= 11 is 0. The number of likely N-dealkylation sites (N-methyl/N-ethyl adjacent to an activating group) is 1. The normalized spacial score (nSPS) is 12.1. The zero-order valence-electron chi connectivity index (χ0n) is 9.42. The molecular weight excluding hydrogens is 178 g/mol. The van der Waals surface area contributed by atoms with E-state index in [9.17, 15) is 4.79 Å². The van der Waals surface area contributed by atoms with E-state index >= 15 is 0 Å². The molecule has 0 heterocycles. The molecule has 3 heteroatoms. The molecule has 0 aromatic rings. The first kappa shape index (κ1) is 13.2. The topological polar surface area (TPSA) is 40.5 Å². The molecule has 0 spiro atoms. The molecule has 0 bridgehead atoms. The second kappa shape index (κ2) is 7.56. The van der Waals surface area contributed by atoms with Gasteiger partial charge in [0.25, 0.3) is 0 Å². The van der Waals surface area contributed by atoms with Crippen molar-refractivity contribution >= 4 is 5.97 Å². The highest BCUT2D eigenvalue weighted by molar-refractivity contribution is 5.80. The van der Waals surface area contributed by atoms with Crippen LogP contribution in [0.25, 0.3) is 0 Å². The van der Waals surface area contributed by atoms with Crippen LogP contribution in [-0.4, -0.2) is 35.6 Å². The van der Waals surface area contributed by atoms with Crippen LogP contribution in [0.1, 0.15) is 33.6 Å². The molecule has 0 aromatic carbocycles. The van der Waals surface area contributed by atoms with E-state index in [-0.39, 0.29) is 0 Å². The molecule has 0 aliphatic rings. The summed E-state index contributed by atoms with van der Waals surface area (Å²) in [7, 11) is 0. The molecule has 0 fully saturated rings. The Morgan fingerprint density at radius 2 is 2.07 bits per heavy atom. The highest BCUT2D eigenvalue weighted by Gasteiger charge is 2.03. The molecule has 1 N–H and O–H groups in total. The first-order valence-corrected chi connectivity index (χ1v) is 5.22. The summed E-state index contributed by atoms with van der Waals surface area (Å²) in [5.41, 5.74) is 0.912. The summed E-state index contributed by atoms with van der Waals surface area (Å²) in [6.45, 7) is 8.92. The van der Waals surface area contributed by atoms with Gasteiger partial charge in [0, 0.05) is 12.6 Å². The van der Waals surface area contributed by atoms with Gasteiger partial charge in [0.05, 0.1) is 0 Å².